The molecule has 0 aliphatic heterocycles. The number of allylic oxidation sites excluding steroid dienone is 1. The van der Waals surface area contributed by atoms with Crippen LogP contribution in [0.15, 0.2) is 28.7 Å². The summed E-state index contributed by atoms with van der Waals surface area (Å²) in [5.74, 6) is 0.654. The summed E-state index contributed by atoms with van der Waals surface area (Å²) in [6.07, 6.45) is 3.17. The number of fused-ring (bicyclic) bond motifs is 1. The van der Waals surface area contributed by atoms with Gasteiger partial charge in [0.15, 0.2) is 11.5 Å². The standard InChI is InChI=1S/C11H8N2O/c1-8-13-10-5-4-9(3-2-6-12)7-11(10)14-8/h2-5,7H,1H3/b3-2+. The number of nitriles is 1. The lowest BCUT2D eigenvalue weighted by atomic mass is 10.2. The molecule has 0 radical (unpaired) electrons. The lowest BCUT2D eigenvalue weighted by molar-refractivity contribution is 0.561. The highest BCUT2D eigenvalue weighted by Gasteiger charge is 2.00. The Balaban J connectivity index is 2.51. The summed E-state index contributed by atoms with van der Waals surface area (Å²) in [5.41, 5.74) is 2.54. The number of aromatic nitrogens is 1. The van der Waals surface area contributed by atoms with Crippen molar-refractivity contribution in [2.24, 2.45) is 0 Å². The van der Waals surface area contributed by atoms with Crippen LogP contribution in [0.25, 0.3) is 17.2 Å². The molecule has 0 amide bonds. The fourth-order valence-electron chi connectivity index (χ4n) is 1.29. The molecule has 0 N–H and O–H groups in total. The molecule has 0 saturated carbocycles. The number of hydrogen-bond donors (Lipinski definition) is 0. The van der Waals surface area contributed by atoms with Gasteiger partial charge in [-0.1, -0.05) is 6.07 Å². The van der Waals surface area contributed by atoms with E-state index in [9.17, 15) is 0 Å². The molecule has 3 nitrogen and oxygen atoms in total. The number of nitrogens with zero attached hydrogens (tertiary/aromatic N) is 2. The molecular weight excluding hydrogens is 176 g/mol. The van der Waals surface area contributed by atoms with E-state index >= 15 is 0 Å². The third-order valence-corrected chi connectivity index (χ3v) is 1.87. The van der Waals surface area contributed by atoms with Crippen molar-refractivity contribution < 1.29 is 4.42 Å². The maximum absolute atomic E-state index is 8.37. The minimum Gasteiger partial charge on any atom is -0.441 e. The predicted octanol–water partition coefficient (Wildman–Crippen LogP) is 2.67. The van der Waals surface area contributed by atoms with Crippen molar-refractivity contribution in [2.75, 3.05) is 0 Å². The van der Waals surface area contributed by atoms with Gasteiger partial charge in [-0.15, -0.1) is 0 Å². The van der Waals surface area contributed by atoms with Crippen LogP contribution in [0.5, 0.6) is 0 Å². The van der Waals surface area contributed by atoms with Crippen LogP contribution < -0.4 is 0 Å². The second kappa shape index (κ2) is 3.35. The fraction of sp³-hybridized carbons (Fsp3) is 0.0909. The summed E-state index contributed by atoms with van der Waals surface area (Å²) < 4.78 is 5.36. The van der Waals surface area contributed by atoms with E-state index in [1.54, 1.807) is 6.08 Å². The maximum atomic E-state index is 8.37. The zero-order valence-electron chi connectivity index (χ0n) is 7.69. The zero-order valence-corrected chi connectivity index (χ0v) is 7.69. The van der Waals surface area contributed by atoms with Gasteiger partial charge in [0.1, 0.15) is 5.52 Å². The quantitative estimate of drug-likeness (QED) is 0.640. The van der Waals surface area contributed by atoms with Crippen LogP contribution >= 0.6 is 0 Å². The van der Waals surface area contributed by atoms with Gasteiger partial charge in [-0.25, -0.2) is 4.98 Å². The van der Waals surface area contributed by atoms with E-state index in [4.69, 9.17) is 9.68 Å². The maximum Gasteiger partial charge on any atom is 0.192 e. The van der Waals surface area contributed by atoms with Gasteiger partial charge in [-0.2, -0.15) is 5.26 Å². The average molecular weight is 184 g/mol. The molecule has 0 aliphatic carbocycles. The molecule has 0 aliphatic rings. The van der Waals surface area contributed by atoms with Crippen molar-refractivity contribution in [1.29, 1.82) is 5.26 Å². The Kier molecular flexibility index (Phi) is 2.04. The largest absolute Gasteiger partial charge is 0.441 e. The van der Waals surface area contributed by atoms with Gasteiger partial charge >= 0.3 is 0 Å². The lowest BCUT2D eigenvalue weighted by Crippen LogP contribution is -1.72. The molecule has 0 fully saturated rings. The van der Waals surface area contributed by atoms with Crippen molar-refractivity contribution in [3.63, 3.8) is 0 Å². The normalized spacial score (nSPS) is 10.9. The molecule has 1 heterocycles. The van der Waals surface area contributed by atoms with Crippen LogP contribution in [0.3, 0.4) is 0 Å². The number of aryl methyl sites for hydroxylation is 1. The van der Waals surface area contributed by atoms with Gasteiger partial charge in [0.05, 0.1) is 6.07 Å². The first-order chi connectivity index (χ1) is 6.79. The van der Waals surface area contributed by atoms with Crippen LogP contribution in [-0.4, -0.2) is 4.98 Å². The Labute approximate surface area is 81.3 Å². The van der Waals surface area contributed by atoms with Crippen LogP contribution in [0.1, 0.15) is 11.5 Å². The van der Waals surface area contributed by atoms with Gasteiger partial charge in [-0.3, -0.25) is 0 Å². The third-order valence-electron chi connectivity index (χ3n) is 1.87. The Morgan fingerprint density at radius 2 is 2.36 bits per heavy atom. The molecular formula is C11H8N2O. The van der Waals surface area contributed by atoms with Gasteiger partial charge in [0.2, 0.25) is 0 Å². The van der Waals surface area contributed by atoms with Gasteiger partial charge in [0, 0.05) is 13.0 Å². The minimum atomic E-state index is 0.654. The van der Waals surface area contributed by atoms with E-state index in [0.29, 0.717) is 5.89 Å². The molecule has 14 heavy (non-hydrogen) atoms. The number of rotatable bonds is 1. The van der Waals surface area contributed by atoms with E-state index in [1.165, 1.54) is 6.08 Å². The molecule has 0 bridgehead atoms. The molecule has 2 aromatic rings. The molecule has 1 aromatic heterocycles. The fourth-order valence-corrected chi connectivity index (χ4v) is 1.29. The summed E-state index contributed by atoms with van der Waals surface area (Å²) in [7, 11) is 0. The minimum absolute atomic E-state index is 0.654. The zero-order chi connectivity index (χ0) is 9.97. The van der Waals surface area contributed by atoms with Gasteiger partial charge < -0.3 is 4.42 Å². The predicted molar refractivity (Wildman–Crippen MR) is 53.4 cm³/mol. The second-order valence-corrected chi connectivity index (χ2v) is 2.92. The van der Waals surface area contributed by atoms with E-state index in [-0.39, 0.29) is 0 Å². The highest BCUT2D eigenvalue weighted by Crippen LogP contribution is 2.17. The van der Waals surface area contributed by atoms with Crippen LogP contribution in [0.2, 0.25) is 0 Å². The summed E-state index contributed by atoms with van der Waals surface area (Å²) in [5, 5.41) is 8.37. The topological polar surface area (TPSA) is 49.8 Å². The van der Waals surface area contributed by atoms with Gasteiger partial charge in [-0.05, 0) is 23.8 Å². The monoisotopic (exact) mass is 184 g/mol. The highest BCUT2D eigenvalue weighted by molar-refractivity contribution is 5.76. The molecule has 0 unspecified atom stereocenters. The summed E-state index contributed by atoms with van der Waals surface area (Å²) in [6.45, 7) is 1.81. The first-order valence-corrected chi connectivity index (χ1v) is 4.23. The summed E-state index contributed by atoms with van der Waals surface area (Å²) in [6, 6.07) is 7.59. The lowest BCUT2D eigenvalue weighted by Gasteiger charge is -1.90. The molecule has 1 aromatic carbocycles. The van der Waals surface area contributed by atoms with Crippen LogP contribution in [0.4, 0.5) is 0 Å². The Morgan fingerprint density at radius 1 is 1.50 bits per heavy atom. The van der Waals surface area contributed by atoms with E-state index in [1.807, 2.05) is 31.2 Å². The van der Waals surface area contributed by atoms with E-state index < -0.39 is 0 Å². The molecule has 2 rings (SSSR count). The average Bonchev–Trinajstić information content (AvgIpc) is 2.54. The Morgan fingerprint density at radius 3 is 3.14 bits per heavy atom. The summed E-state index contributed by atoms with van der Waals surface area (Å²) in [4.78, 5) is 4.18. The van der Waals surface area contributed by atoms with Gasteiger partial charge in [0.25, 0.3) is 0 Å². The number of benzene rings is 1. The molecule has 68 valence electrons. The smallest absolute Gasteiger partial charge is 0.192 e. The first-order valence-electron chi connectivity index (χ1n) is 4.23. The molecule has 3 heteroatoms. The molecule has 0 atom stereocenters. The van der Waals surface area contributed by atoms with Crippen molar-refractivity contribution in [3.8, 4) is 6.07 Å². The van der Waals surface area contributed by atoms with Crippen LogP contribution in [-0.2, 0) is 0 Å². The Bertz CT molecular complexity index is 532. The molecule has 0 saturated heterocycles. The molecule has 0 spiro atoms. The van der Waals surface area contributed by atoms with Crippen molar-refractivity contribution in [3.05, 3.63) is 35.7 Å². The third kappa shape index (κ3) is 1.50. The summed E-state index contributed by atoms with van der Waals surface area (Å²) >= 11 is 0. The van der Waals surface area contributed by atoms with E-state index in [0.717, 1.165) is 16.7 Å². The van der Waals surface area contributed by atoms with E-state index in [2.05, 4.69) is 4.98 Å². The number of oxazole rings is 1. The van der Waals surface area contributed by atoms with Crippen LogP contribution in [0, 0.1) is 18.3 Å². The second-order valence-electron chi connectivity index (χ2n) is 2.92. The SMILES string of the molecule is Cc1nc2ccc(/C=C/C#N)cc2o1. The first kappa shape index (κ1) is 8.52. The van der Waals surface area contributed by atoms with Crippen molar-refractivity contribution >= 4 is 17.2 Å². The van der Waals surface area contributed by atoms with Crippen molar-refractivity contribution in [1.82, 2.24) is 4.98 Å². The number of hydrogen-bond acceptors (Lipinski definition) is 3. The Hall–Kier alpha value is -2.08. The van der Waals surface area contributed by atoms with Crippen molar-refractivity contribution in [2.45, 2.75) is 6.92 Å². The highest BCUT2D eigenvalue weighted by atomic mass is 16.3.